The molecule has 0 aromatic heterocycles. The number of carbonyl (C=O) groups is 2. The molecule has 126 valence electrons. The maximum atomic E-state index is 12.2. The molecule has 1 fully saturated rings. The van der Waals surface area contributed by atoms with Gasteiger partial charge < -0.3 is 10.4 Å². The van der Waals surface area contributed by atoms with Crippen molar-refractivity contribution in [1.29, 1.82) is 0 Å². The Labute approximate surface area is 139 Å². The lowest BCUT2D eigenvalue weighted by Gasteiger charge is -2.21. The lowest BCUT2D eigenvalue weighted by Crippen LogP contribution is -2.39. The molecule has 0 aliphatic carbocycles. The fraction of sp³-hybridized carbons (Fsp3) is 0.467. The number of thioether (sulfide) groups is 1. The summed E-state index contributed by atoms with van der Waals surface area (Å²) in [5.41, 5.74) is 1.41. The normalized spacial score (nSPS) is 19.9. The average Bonchev–Trinajstić information content (AvgIpc) is 2.46. The lowest BCUT2D eigenvalue weighted by molar-refractivity contribution is -0.133. The number of carboxylic acid groups (broad SMARTS) is 1. The molecule has 1 aromatic rings. The second-order valence-corrected chi connectivity index (χ2v) is 8.72. The van der Waals surface area contributed by atoms with Crippen molar-refractivity contribution in [3.05, 3.63) is 29.8 Å². The van der Waals surface area contributed by atoms with Crippen LogP contribution < -0.4 is 5.32 Å². The lowest BCUT2D eigenvalue weighted by atomic mass is 10.1. The number of carbonyl (C=O) groups excluding carboxylic acids is 1. The van der Waals surface area contributed by atoms with Gasteiger partial charge in [0.05, 0.1) is 11.5 Å². The van der Waals surface area contributed by atoms with E-state index in [1.807, 2.05) is 6.07 Å². The van der Waals surface area contributed by atoms with Gasteiger partial charge in [0, 0.05) is 11.4 Å². The maximum Gasteiger partial charge on any atom is 0.313 e. The second-order valence-electron chi connectivity index (χ2n) is 5.43. The Morgan fingerprint density at radius 3 is 2.78 bits per heavy atom. The number of anilines is 1. The summed E-state index contributed by atoms with van der Waals surface area (Å²) in [5.74, 6) is -0.770. The van der Waals surface area contributed by atoms with E-state index in [0.29, 0.717) is 24.3 Å². The van der Waals surface area contributed by atoms with Crippen LogP contribution >= 0.6 is 11.8 Å². The molecule has 1 aliphatic rings. The van der Waals surface area contributed by atoms with Crippen LogP contribution in [0.1, 0.15) is 24.8 Å². The molecule has 0 saturated carbocycles. The molecule has 0 spiro atoms. The molecule has 0 radical (unpaired) electrons. The van der Waals surface area contributed by atoms with Gasteiger partial charge in [0.1, 0.15) is 5.25 Å². The van der Waals surface area contributed by atoms with Gasteiger partial charge in [-0.05, 0) is 30.5 Å². The van der Waals surface area contributed by atoms with Crippen LogP contribution in [-0.4, -0.2) is 42.2 Å². The zero-order chi connectivity index (χ0) is 16.9. The van der Waals surface area contributed by atoms with Gasteiger partial charge in [0.25, 0.3) is 0 Å². The van der Waals surface area contributed by atoms with Crippen molar-refractivity contribution in [1.82, 2.24) is 0 Å². The van der Waals surface area contributed by atoms with Crippen molar-refractivity contribution in [3.63, 3.8) is 0 Å². The third-order valence-electron chi connectivity index (χ3n) is 3.56. The van der Waals surface area contributed by atoms with E-state index in [1.54, 1.807) is 18.2 Å². The van der Waals surface area contributed by atoms with Crippen molar-refractivity contribution < 1.29 is 23.1 Å². The van der Waals surface area contributed by atoms with Gasteiger partial charge >= 0.3 is 5.97 Å². The van der Waals surface area contributed by atoms with Crippen LogP contribution in [-0.2, 0) is 25.2 Å². The van der Waals surface area contributed by atoms with Crippen LogP contribution in [0.15, 0.2) is 24.3 Å². The molecule has 23 heavy (non-hydrogen) atoms. The first-order chi connectivity index (χ1) is 10.9. The molecular formula is C15H19NO5S2. The van der Waals surface area contributed by atoms with Crippen LogP contribution in [0.4, 0.5) is 5.69 Å². The molecule has 1 amide bonds. The first-order valence-corrected chi connectivity index (χ1v) is 10.2. The van der Waals surface area contributed by atoms with E-state index in [2.05, 4.69) is 5.32 Å². The van der Waals surface area contributed by atoms with Crippen LogP contribution in [0.25, 0.3) is 0 Å². The van der Waals surface area contributed by atoms with E-state index in [9.17, 15) is 18.0 Å². The predicted molar refractivity (Wildman–Crippen MR) is 90.3 cm³/mol. The minimum atomic E-state index is -3.36. The quantitative estimate of drug-likeness (QED) is 0.806. The van der Waals surface area contributed by atoms with Crippen LogP contribution in [0.5, 0.6) is 0 Å². The number of hydrogen-bond acceptors (Lipinski definition) is 5. The summed E-state index contributed by atoms with van der Waals surface area (Å²) in [4.78, 5) is 22.7. The number of aliphatic carboxylic acids is 1. The van der Waals surface area contributed by atoms with Crippen molar-refractivity contribution >= 4 is 39.2 Å². The SMILES string of the molecule is O=C(O)CSCc1cccc(NC(=O)C2CCCCS2(=O)=O)c1. The highest BCUT2D eigenvalue weighted by Gasteiger charge is 2.34. The Bertz CT molecular complexity index is 687. The Morgan fingerprint density at radius 1 is 1.30 bits per heavy atom. The summed E-state index contributed by atoms with van der Waals surface area (Å²) in [6.07, 6.45) is 1.72. The second kappa shape index (κ2) is 7.83. The molecule has 2 rings (SSSR count). The highest BCUT2D eigenvalue weighted by molar-refractivity contribution is 7.99. The number of carboxylic acids is 1. The zero-order valence-electron chi connectivity index (χ0n) is 12.5. The van der Waals surface area contributed by atoms with Gasteiger partial charge in [-0.25, -0.2) is 8.42 Å². The highest BCUT2D eigenvalue weighted by atomic mass is 32.2. The third-order valence-corrected chi connectivity index (χ3v) is 6.72. The van der Waals surface area contributed by atoms with E-state index in [0.717, 1.165) is 12.0 Å². The Kier molecular flexibility index (Phi) is 6.06. The molecule has 0 bridgehead atoms. The topological polar surface area (TPSA) is 101 Å². The molecule has 2 N–H and O–H groups in total. The zero-order valence-corrected chi connectivity index (χ0v) is 14.2. The standard InChI is InChI=1S/C15H19NO5S2/c17-14(18)10-22-9-11-4-3-5-12(8-11)16-15(19)13-6-1-2-7-23(13,20)21/h3-5,8,13H,1-2,6-7,9-10H2,(H,16,19)(H,17,18). The molecule has 1 heterocycles. The molecule has 1 saturated heterocycles. The van der Waals surface area contributed by atoms with Crippen molar-refractivity contribution in [2.75, 3.05) is 16.8 Å². The molecular weight excluding hydrogens is 338 g/mol. The molecule has 8 heteroatoms. The van der Waals surface area contributed by atoms with Crippen LogP contribution in [0.3, 0.4) is 0 Å². The van der Waals surface area contributed by atoms with Gasteiger partial charge in [0.15, 0.2) is 9.84 Å². The summed E-state index contributed by atoms with van der Waals surface area (Å²) in [6.45, 7) is 0. The number of nitrogens with one attached hydrogen (secondary N) is 1. The third kappa shape index (κ3) is 5.24. The first kappa shape index (κ1) is 17.8. The highest BCUT2D eigenvalue weighted by Crippen LogP contribution is 2.22. The minimum Gasteiger partial charge on any atom is -0.481 e. The van der Waals surface area contributed by atoms with E-state index >= 15 is 0 Å². The van der Waals surface area contributed by atoms with Gasteiger partial charge in [-0.1, -0.05) is 18.6 Å². The van der Waals surface area contributed by atoms with Crippen LogP contribution in [0.2, 0.25) is 0 Å². The van der Waals surface area contributed by atoms with Gasteiger partial charge in [-0.15, -0.1) is 11.8 Å². The fourth-order valence-corrected chi connectivity index (χ4v) is 4.96. The summed E-state index contributed by atoms with van der Waals surface area (Å²) in [7, 11) is -3.36. The van der Waals surface area contributed by atoms with E-state index in [4.69, 9.17) is 5.11 Å². The summed E-state index contributed by atoms with van der Waals surface area (Å²) >= 11 is 1.26. The average molecular weight is 357 g/mol. The van der Waals surface area contributed by atoms with E-state index < -0.39 is 27.0 Å². The number of benzene rings is 1. The molecule has 1 aliphatic heterocycles. The Balaban J connectivity index is 1.99. The monoisotopic (exact) mass is 357 g/mol. The van der Waals surface area contributed by atoms with Gasteiger partial charge in [-0.3, -0.25) is 9.59 Å². The Morgan fingerprint density at radius 2 is 2.09 bits per heavy atom. The van der Waals surface area contributed by atoms with Gasteiger partial charge in [0.2, 0.25) is 5.91 Å². The van der Waals surface area contributed by atoms with Crippen molar-refractivity contribution in [2.24, 2.45) is 0 Å². The summed E-state index contributed by atoms with van der Waals surface area (Å²) in [6, 6.07) is 7.02. The number of amides is 1. The minimum absolute atomic E-state index is 0.0108. The number of hydrogen-bond donors (Lipinski definition) is 2. The van der Waals surface area contributed by atoms with E-state index in [1.165, 1.54) is 11.8 Å². The smallest absolute Gasteiger partial charge is 0.313 e. The van der Waals surface area contributed by atoms with E-state index in [-0.39, 0.29) is 11.5 Å². The van der Waals surface area contributed by atoms with Crippen molar-refractivity contribution in [3.8, 4) is 0 Å². The maximum absolute atomic E-state index is 12.2. The molecule has 1 unspecified atom stereocenters. The summed E-state index contributed by atoms with van der Waals surface area (Å²) in [5, 5.41) is 10.3. The molecule has 1 aromatic carbocycles. The Hall–Kier alpha value is -1.54. The van der Waals surface area contributed by atoms with Crippen molar-refractivity contribution in [2.45, 2.75) is 30.3 Å². The summed E-state index contributed by atoms with van der Waals surface area (Å²) < 4.78 is 23.9. The fourth-order valence-electron chi connectivity index (χ4n) is 2.47. The first-order valence-electron chi connectivity index (χ1n) is 7.29. The predicted octanol–water partition coefficient (Wildman–Crippen LogP) is 1.91. The number of sulfone groups is 1. The van der Waals surface area contributed by atoms with Crippen LogP contribution in [0, 0.1) is 0 Å². The van der Waals surface area contributed by atoms with Gasteiger partial charge in [-0.2, -0.15) is 0 Å². The largest absolute Gasteiger partial charge is 0.481 e. The molecule has 1 atom stereocenters. The molecule has 6 nitrogen and oxygen atoms in total. The number of rotatable bonds is 6.